The largest absolute Gasteiger partial charge is 0.493 e. The zero-order chi connectivity index (χ0) is 25.7. The number of amides is 2. The van der Waals surface area contributed by atoms with E-state index in [2.05, 4.69) is 5.32 Å². The van der Waals surface area contributed by atoms with Gasteiger partial charge in [0.1, 0.15) is 6.04 Å². The minimum absolute atomic E-state index is 0.0317. The van der Waals surface area contributed by atoms with Gasteiger partial charge < -0.3 is 19.2 Å². The molecule has 1 aromatic heterocycles. The number of hydrogen-bond donors (Lipinski definition) is 1. The summed E-state index contributed by atoms with van der Waals surface area (Å²) in [5.74, 6) is 0.00208. The van der Waals surface area contributed by atoms with Crippen LogP contribution in [0.25, 0.3) is 0 Å². The maximum absolute atomic E-state index is 13.9. The number of nitrogens with zero attached hydrogens (tertiary/aromatic N) is 1. The minimum atomic E-state index is -1.06. The van der Waals surface area contributed by atoms with Gasteiger partial charge in [-0.15, -0.1) is 0 Å². The fraction of sp³-hybridized carbons (Fsp3) is 0.321. The van der Waals surface area contributed by atoms with Crippen LogP contribution in [0, 0.1) is 0 Å². The van der Waals surface area contributed by atoms with Crippen molar-refractivity contribution in [3.05, 3.63) is 77.7 Å². The first kappa shape index (κ1) is 25.0. The fourth-order valence-electron chi connectivity index (χ4n) is 4.57. The first-order chi connectivity index (χ1) is 17.4. The van der Waals surface area contributed by atoms with Crippen LogP contribution in [-0.2, 0) is 4.79 Å². The highest BCUT2D eigenvalue weighted by Crippen LogP contribution is 2.36. The van der Waals surface area contributed by atoms with Gasteiger partial charge in [-0.3, -0.25) is 19.3 Å². The molecule has 8 nitrogen and oxygen atoms in total. The average molecular weight is 491 g/mol. The van der Waals surface area contributed by atoms with E-state index in [4.69, 9.17) is 13.9 Å². The highest BCUT2D eigenvalue weighted by molar-refractivity contribution is 6.09. The van der Waals surface area contributed by atoms with Gasteiger partial charge in [0.05, 0.1) is 20.5 Å². The van der Waals surface area contributed by atoms with Crippen LogP contribution in [0.4, 0.5) is 5.69 Å². The molecule has 4 rings (SSSR count). The molecule has 1 N–H and O–H groups in total. The Labute approximate surface area is 210 Å². The number of ether oxygens (including phenoxy) is 2. The number of furan rings is 1. The maximum Gasteiger partial charge on any atom is 0.294 e. The molecule has 1 saturated carbocycles. The minimum Gasteiger partial charge on any atom is -0.493 e. The second-order valence-corrected chi connectivity index (χ2v) is 8.77. The van der Waals surface area contributed by atoms with E-state index < -0.39 is 11.9 Å². The Morgan fingerprint density at radius 3 is 2.36 bits per heavy atom. The standard InChI is InChI=1S/C28H30N2O6/c1-18(31)19-8-6-11-22(16-19)30(28(33)24-12-7-15-36-24)26(27(32)29-21-9-4-5-10-21)20-13-14-23(34-2)25(17-20)35-3/h6-8,11-17,21,26H,4-5,9-10H2,1-3H3,(H,29,32)/t26-/m1/s1. The fourth-order valence-corrected chi connectivity index (χ4v) is 4.57. The summed E-state index contributed by atoms with van der Waals surface area (Å²) in [5, 5.41) is 3.13. The average Bonchev–Trinajstić information content (AvgIpc) is 3.61. The number of carbonyl (C=O) groups excluding carboxylic acids is 3. The molecule has 188 valence electrons. The lowest BCUT2D eigenvalue weighted by atomic mass is 10.0. The summed E-state index contributed by atoms with van der Waals surface area (Å²) in [6, 6.07) is 13.9. The van der Waals surface area contributed by atoms with Crippen molar-refractivity contribution in [2.24, 2.45) is 0 Å². The van der Waals surface area contributed by atoms with E-state index in [1.54, 1.807) is 54.6 Å². The summed E-state index contributed by atoms with van der Waals surface area (Å²) < 4.78 is 16.3. The van der Waals surface area contributed by atoms with Gasteiger partial charge in [0.15, 0.2) is 23.0 Å². The molecule has 1 atom stereocenters. The molecule has 0 radical (unpaired) electrons. The molecule has 0 spiro atoms. The summed E-state index contributed by atoms with van der Waals surface area (Å²) in [6.07, 6.45) is 5.26. The first-order valence-electron chi connectivity index (χ1n) is 11.9. The van der Waals surface area contributed by atoms with E-state index in [-0.39, 0.29) is 23.5 Å². The lowest BCUT2D eigenvalue weighted by molar-refractivity contribution is -0.123. The predicted molar refractivity (Wildman–Crippen MR) is 135 cm³/mol. The molecule has 1 aliphatic carbocycles. The molecule has 0 saturated heterocycles. The van der Waals surface area contributed by atoms with E-state index in [0.717, 1.165) is 25.7 Å². The summed E-state index contributed by atoms with van der Waals surface area (Å²) in [6.45, 7) is 1.45. The number of anilines is 1. The number of benzene rings is 2. The Morgan fingerprint density at radius 2 is 1.72 bits per heavy atom. The van der Waals surface area contributed by atoms with Crippen LogP contribution < -0.4 is 19.7 Å². The molecule has 1 heterocycles. The number of ketones is 1. The summed E-state index contributed by atoms with van der Waals surface area (Å²) in [5.41, 5.74) is 1.34. The Bertz CT molecular complexity index is 1230. The van der Waals surface area contributed by atoms with Crippen LogP contribution in [0.2, 0.25) is 0 Å². The highest BCUT2D eigenvalue weighted by Gasteiger charge is 2.36. The zero-order valence-electron chi connectivity index (χ0n) is 20.7. The van der Waals surface area contributed by atoms with Gasteiger partial charge in [-0.1, -0.05) is 31.0 Å². The van der Waals surface area contributed by atoms with Crippen molar-refractivity contribution in [2.75, 3.05) is 19.1 Å². The second-order valence-electron chi connectivity index (χ2n) is 8.77. The molecule has 1 fully saturated rings. The number of rotatable bonds is 9. The molecule has 0 aliphatic heterocycles. The normalized spacial score (nSPS) is 14.2. The van der Waals surface area contributed by atoms with Crippen molar-refractivity contribution < 1.29 is 28.3 Å². The van der Waals surface area contributed by atoms with Crippen LogP contribution in [0.1, 0.15) is 65.1 Å². The van der Waals surface area contributed by atoms with Crippen molar-refractivity contribution in [3.63, 3.8) is 0 Å². The topological polar surface area (TPSA) is 98.1 Å². The molecule has 0 bridgehead atoms. The van der Waals surface area contributed by atoms with Gasteiger partial charge in [0.25, 0.3) is 5.91 Å². The van der Waals surface area contributed by atoms with E-state index in [1.165, 1.54) is 32.3 Å². The SMILES string of the molecule is COc1ccc([C@H](C(=O)NC2CCCC2)N(C(=O)c2ccco2)c2cccc(C(C)=O)c2)cc1OC. The van der Waals surface area contributed by atoms with Crippen LogP contribution >= 0.6 is 0 Å². The molecular formula is C28H30N2O6. The highest BCUT2D eigenvalue weighted by atomic mass is 16.5. The predicted octanol–water partition coefficient (Wildman–Crippen LogP) is 4.95. The molecule has 2 aromatic carbocycles. The monoisotopic (exact) mass is 490 g/mol. The van der Waals surface area contributed by atoms with Gasteiger partial charge in [-0.25, -0.2) is 0 Å². The van der Waals surface area contributed by atoms with E-state index in [9.17, 15) is 14.4 Å². The lowest BCUT2D eigenvalue weighted by Gasteiger charge is -2.32. The van der Waals surface area contributed by atoms with E-state index in [1.807, 2.05) is 0 Å². The van der Waals surface area contributed by atoms with Crippen molar-refractivity contribution >= 4 is 23.3 Å². The van der Waals surface area contributed by atoms with Gasteiger partial charge in [0, 0.05) is 17.3 Å². The molecular weight excluding hydrogens is 460 g/mol. The third-order valence-electron chi connectivity index (χ3n) is 6.41. The number of hydrogen-bond acceptors (Lipinski definition) is 6. The van der Waals surface area contributed by atoms with Crippen molar-refractivity contribution in [2.45, 2.75) is 44.7 Å². The second kappa shape index (κ2) is 11.1. The smallest absolute Gasteiger partial charge is 0.294 e. The van der Waals surface area contributed by atoms with Gasteiger partial charge in [-0.05, 0) is 61.7 Å². The molecule has 1 aliphatic rings. The summed E-state index contributed by atoms with van der Waals surface area (Å²) in [4.78, 5) is 41.2. The Kier molecular flexibility index (Phi) is 7.73. The Morgan fingerprint density at radius 1 is 0.972 bits per heavy atom. The third kappa shape index (κ3) is 5.27. The zero-order valence-corrected chi connectivity index (χ0v) is 20.7. The van der Waals surface area contributed by atoms with Crippen molar-refractivity contribution in [1.82, 2.24) is 5.32 Å². The number of Topliss-reactive ketones (excluding diaryl/α,β-unsaturated/α-hetero) is 1. The van der Waals surface area contributed by atoms with Crippen molar-refractivity contribution in [3.8, 4) is 11.5 Å². The third-order valence-corrected chi connectivity index (χ3v) is 6.41. The van der Waals surface area contributed by atoms with E-state index >= 15 is 0 Å². The van der Waals surface area contributed by atoms with Crippen molar-refractivity contribution in [1.29, 1.82) is 0 Å². The van der Waals surface area contributed by atoms with Crippen LogP contribution in [0.15, 0.2) is 65.3 Å². The molecule has 3 aromatic rings. The molecule has 0 unspecified atom stereocenters. The number of methoxy groups -OCH3 is 2. The first-order valence-corrected chi connectivity index (χ1v) is 11.9. The van der Waals surface area contributed by atoms with Crippen LogP contribution in [0.5, 0.6) is 11.5 Å². The van der Waals surface area contributed by atoms with Gasteiger partial charge >= 0.3 is 0 Å². The molecule has 2 amide bonds. The number of carbonyl (C=O) groups is 3. The molecule has 8 heteroatoms. The summed E-state index contributed by atoms with van der Waals surface area (Å²) in [7, 11) is 3.04. The maximum atomic E-state index is 13.9. The van der Waals surface area contributed by atoms with Crippen LogP contribution in [0.3, 0.4) is 0 Å². The van der Waals surface area contributed by atoms with Crippen LogP contribution in [-0.4, -0.2) is 37.9 Å². The lowest BCUT2D eigenvalue weighted by Crippen LogP contribution is -2.46. The number of nitrogens with one attached hydrogen (secondary N) is 1. The Balaban J connectivity index is 1.88. The van der Waals surface area contributed by atoms with Gasteiger partial charge in [-0.2, -0.15) is 0 Å². The quantitative estimate of drug-likeness (QED) is 0.427. The van der Waals surface area contributed by atoms with E-state index in [0.29, 0.717) is 28.3 Å². The molecule has 36 heavy (non-hydrogen) atoms. The summed E-state index contributed by atoms with van der Waals surface area (Å²) >= 11 is 0. The Hall–Kier alpha value is -4.07. The van der Waals surface area contributed by atoms with Gasteiger partial charge in [0.2, 0.25) is 5.91 Å².